The van der Waals surface area contributed by atoms with Crippen LogP contribution in [0.3, 0.4) is 0 Å². The summed E-state index contributed by atoms with van der Waals surface area (Å²) in [6, 6.07) is 5.08. The van der Waals surface area contributed by atoms with Crippen LogP contribution in [0, 0.1) is 11.8 Å². The Labute approximate surface area is 176 Å². The van der Waals surface area contributed by atoms with Crippen molar-refractivity contribution in [2.24, 2.45) is 11.8 Å². The molecule has 2 N–H and O–H groups in total. The number of anilines is 1. The number of carbonyl (C=O) groups is 2. The van der Waals surface area contributed by atoms with Crippen molar-refractivity contribution in [1.82, 2.24) is 14.9 Å². The van der Waals surface area contributed by atoms with Gasteiger partial charge in [-0.2, -0.15) is 0 Å². The number of nitrogens with zero attached hydrogens (tertiary/aromatic N) is 2. The zero-order valence-corrected chi connectivity index (χ0v) is 17.7. The number of aromatic nitrogens is 2. The highest BCUT2D eigenvalue weighted by Crippen LogP contribution is 2.29. The topological polar surface area (TPSA) is 93.1 Å². The van der Waals surface area contributed by atoms with Crippen molar-refractivity contribution < 1.29 is 9.59 Å². The van der Waals surface area contributed by atoms with Gasteiger partial charge in [-0.15, -0.1) is 0 Å². The average molecular weight is 411 g/mol. The largest absolute Gasteiger partial charge is 0.345 e. The summed E-state index contributed by atoms with van der Waals surface area (Å²) in [6.45, 7) is 4.98. The van der Waals surface area contributed by atoms with E-state index in [4.69, 9.17) is 0 Å². The summed E-state index contributed by atoms with van der Waals surface area (Å²) in [7, 11) is 0. The molecule has 3 atom stereocenters. The highest BCUT2D eigenvalue weighted by Gasteiger charge is 2.29. The van der Waals surface area contributed by atoms with E-state index in [9.17, 15) is 14.4 Å². The fourth-order valence-corrected chi connectivity index (χ4v) is 4.70. The predicted molar refractivity (Wildman–Crippen MR) is 116 cm³/mol. The second kappa shape index (κ2) is 8.58. The summed E-state index contributed by atoms with van der Waals surface area (Å²) in [5.74, 6) is 0.373. The first kappa shape index (κ1) is 20.6. The lowest BCUT2D eigenvalue weighted by Crippen LogP contribution is -2.47. The van der Waals surface area contributed by atoms with Crippen LogP contribution in [0.25, 0.3) is 10.9 Å². The second-order valence-electron chi connectivity index (χ2n) is 8.83. The van der Waals surface area contributed by atoms with Gasteiger partial charge in [-0.1, -0.05) is 33.1 Å². The van der Waals surface area contributed by atoms with Crippen molar-refractivity contribution in [2.45, 2.75) is 71.4 Å². The highest BCUT2D eigenvalue weighted by atomic mass is 16.2. The number of nitrogens with one attached hydrogen (secondary N) is 2. The average Bonchev–Trinajstić information content (AvgIpc) is 2.97. The van der Waals surface area contributed by atoms with Crippen molar-refractivity contribution in [3.63, 3.8) is 0 Å². The molecule has 4 rings (SSSR count). The third-order valence-electron chi connectivity index (χ3n) is 6.80. The third kappa shape index (κ3) is 4.11. The summed E-state index contributed by atoms with van der Waals surface area (Å²) in [4.78, 5) is 42.5. The number of carbonyl (C=O) groups excluding carboxylic acids is 2. The van der Waals surface area contributed by atoms with Crippen LogP contribution in [0.4, 0.5) is 5.69 Å². The van der Waals surface area contributed by atoms with E-state index in [-0.39, 0.29) is 11.6 Å². The minimum Gasteiger partial charge on any atom is -0.345 e. The molecule has 2 amide bonds. The zero-order valence-electron chi connectivity index (χ0n) is 17.7. The molecule has 2 aliphatic rings. The number of hydrogen-bond donors (Lipinski definition) is 2. The van der Waals surface area contributed by atoms with Crippen molar-refractivity contribution in [3.05, 3.63) is 34.4 Å². The molecule has 1 aromatic heterocycles. The van der Waals surface area contributed by atoms with Gasteiger partial charge < -0.3 is 10.6 Å². The SMILES string of the molecule is CC1CCCC(NC(=O)C(=O)Nc2ccc3nc4n(c(=O)c3c2)CCCCC4)C1C. The standard InChI is InChI=1S/C23H30N4O3/c1-14-7-6-8-18(15(14)2)26-22(29)21(28)24-16-10-11-19-17(13-16)23(30)27-12-5-3-4-9-20(27)25-19/h10-11,13-15,18H,3-9,12H2,1-2H3,(H,24,28)(H,26,29). The zero-order chi connectivity index (χ0) is 21.3. The Morgan fingerprint density at radius 1 is 1.07 bits per heavy atom. The van der Waals surface area contributed by atoms with E-state index in [0.717, 1.165) is 50.8 Å². The van der Waals surface area contributed by atoms with Crippen LogP contribution in [0.15, 0.2) is 23.0 Å². The summed E-state index contributed by atoms with van der Waals surface area (Å²) in [5.41, 5.74) is 0.976. The molecular weight excluding hydrogens is 380 g/mol. The van der Waals surface area contributed by atoms with Crippen molar-refractivity contribution in [1.29, 1.82) is 0 Å². The number of rotatable bonds is 2. The van der Waals surface area contributed by atoms with Gasteiger partial charge in [-0.25, -0.2) is 4.98 Å². The molecule has 0 saturated heterocycles. The van der Waals surface area contributed by atoms with E-state index in [1.165, 1.54) is 0 Å². The number of fused-ring (bicyclic) bond motifs is 2. The molecular formula is C23H30N4O3. The van der Waals surface area contributed by atoms with Gasteiger partial charge in [0.15, 0.2) is 0 Å². The maximum absolute atomic E-state index is 13.0. The second-order valence-corrected chi connectivity index (χ2v) is 8.83. The summed E-state index contributed by atoms with van der Waals surface area (Å²) in [6.07, 6.45) is 7.02. The van der Waals surface area contributed by atoms with Gasteiger partial charge in [-0.05, 0) is 49.3 Å². The van der Waals surface area contributed by atoms with Gasteiger partial charge in [0.1, 0.15) is 5.82 Å². The number of benzene rings is 1. The monoisotopic (exact) mass is 410 g/mol. The van der Waals surface area contributed by atoms with Crippen molar-refractivity contribution >= 4 is 28.4 Å². The third-order valence-corrected chi connectivity index (χ3v) is 6.80. The molecule has 0 bridgehead atoms. The van der Waals surface area contributed by atoms with Gasteiger partial charge in [0.05, 0.1) is 10.9 Å². The lowest BCUT2D eigenvalue weighted by molar-refractivity contribution is -0.137. The minimum absolute atomic E-state index is 0.0212. The maximum atomic E-state index is 13.0. The smallest absolute Gasteiger partial charge is 0.313 e. The molecule has 2 aromatic rings. The van der Waals surface area contributed by atoms with Gasteiger partial charge in [-0.3, -0.25) is 19.0 Å². The fourth-order valence-electron chi connectivity index (χ4n) is 4.70. The van der Waals surface area contributed by atoms with E-state index < -0.39 is 11.8 Å². The Morgan fingerprint density at radius 3 is 2.73 bits per heavy atom. The first-order valence-electron chi connectivity index (χ1n) is 11.1. The molecule has 3 unspecified atom stereocenters. The molecule has 1 aliphatic heterocycles. The van der Waals surface area contributed by atoms with E-state index in [1.54, 1.807) is 22.8 Å². The Hall–Kier alpha value is -2.70. The minimum atomic E-state index is -0.706. The number of hydrogen-bond acceptors (Lipinski definition) is 4. The van der Waals surface area contributed by atoms with Crippen molar-refractivity contribution in [3.8, 4) is 0 Å². The molecule has 30 heavy (non-hydrogen) atoms. The number of amides is 2. The Balaban J connectivity index is 1.50. The molecule has 1 aliphatic carbocycles. The van der Waals surface area contributed by atoms with Crippen molar-refractivity contribution in [2.75, 3.05) is 5.32 Å². The molecule has 160 valence electrons. The van der Waals surface area contributed by atoms with Crippen LogP contribution in [-0.4, -0.2) is 27.4 Å². The number of aryl methyl sites for hydroxylation is 1. The van der Waals surface area contributed by atoms with E-state index >= 15 is 0 Å². The maximum Gasteiger partial charge on any atom is 0.313 e. The van der Waals surface area contributed by atoms with Crippen LogP contribution in [-0.2, 0) is 22.6 Å². The molecule has 1 saturated carbocycles. The van der Waals surface area contributed by atoms with Gasteiger partial charge in [0.25, 0.3) is 5.56 Å². The van der Waals surface area contributed by atoms with Crippen LogP contribution in [0.1, 0.15) is 58.2 Å². The van der Waals surface area contributed by atoms with E-state index in [2.05, 4.69) is 29.5 Å². The first-order valence-corrected chi connectivity index (χ1v) is 11.1. The lowest BCUT2D eigenvalue weighted by Gasteiger charge is -2.34. The Morgan fingerprint density at radius 2 is 1.90 bits per heavy atom. The van der Waals surface area contributed by atoms with Crippen LogP contribution in [0.5, 0.6) is 0 Å². The summed E-state index contributed by atoms with van der Waals surface area (Å²) < 4.78 is 1.75. The van der Waals surface area contributed by atoms with Gasteiger partial charge in [0.2, 0.25) is 0 Å². The lowest BCUT2D eigenvalue weighted by atomic mass is 9.78. The fraction of sp³-hybridized carbons (Fsp3) is 0.565. The van der Waals surface area contributed by atoms with E-state index in [1.807, 2.05) is 0 Å². The molecule has 7 nitrogen and oxygen atoms in total. The molecule has 0 spiro atoms. The van der Waals surface area contributed by atoms with Crippen LogP contribution < -0.4 is 16.2 Å². The predicted octanol–water partition coefficient (Wildman–Crippen LogP) is 3.00. The summed E-state index contributed by atoms with van der Waals surface area (Å²) >= 11 is 0. The van der Waals surface area contributed by atoms with Crippen LogP contribution >= 0.6 is 0 Å². The first-order chi connectivity index (χ1) is 14.4. The quantitative estimate of drug-likeness (QED) is 0.745. The Bertz CT molecular complexity index is 1030. The summed E-state index contributed by atoms with van der Waals surface area (Å²) in [5, 5.41) is 5.99. The molecule has 7 heteroatoms. The van der Waals surface area contributed by atoms with Crippen LogP contribution in [0.2, 0.25) is 0 Å². The molecule has 2 heterocycles. The Kier molecular flexibility index (Phi) is 5.88. The molecule has 1 aromatic carbocycles. The molecule has 1 fully saturated rings. The van der Waals surface area contributed by atoms with E-state index in [0.29, 0.717) is 35.0 Å². The van der Waals surface area contributed by atoms with Gasteiger partial charge >= 0.3 is 11.8 Å². The highest BCUT2D eigenvalue weighted by molar-refractivity contribution is 6.39. The molecule has 0 radical (unpaired) electrons. The van der Waals surface area contributed by atoms with Gasteiger partial charge in [0, 0.05) is 24.7 Å². The normalized spacial score (nSPS) is 24.0.